The molecule has 102 valence electrons. The third kappa shape index (κ3) is 5.62. The second-order valence-electron chi connectivity index (χ2n) is 6.22. The van der Waals surface area contributed by atoms with Gasteiger partial charge >= 0.3 is 0 Å². The third-order valence-electron chi connectivity index (χ3n) is 3.40. The number of thioether (sulfide) groups is 1. The quantitative estimate of drug-likeness (QED) is 0.738. The first-order valence-electron chi connectivity index (χ1n) is 7.01. The van der Waals surface area contributed by atoms with Gasteiger partial charge in [0.25, 0.3) is 0 Å². The van der Waals surface area contributed by atoms with Crippen molar-refractivity contribution in [3.63, 3.8) is 0 Å². The second-order valence-corrected chi connectivity index (χ2v) is 7.61. The first-order chi connectivity index (χ1) is 7.94. The van der Waals surface area contributed by atoms with Crippen molar-refractivity contribution in [3.05, 3.63) is 0 Å². The first-order valence-corrected chi connectivity index (χ1v) is 8.17. The van der Waals surface area contributed by atoms with Crippen LogP contribution >= 0.6 is 11.8 Å². The molecule has 2 nitrogen and oxygen atoms in total. The Hall–Kier alpha value is 0.270. The average molecular weight is 258 g/mol. The van der Waals surface area contributed by atoms with Crippen LogP contribution in [0.3, 0.4) is 0 Å². The van der Waals surface area contributed by atoms with E-state index < -0.39 is 0 Å². The Bertz CT molecular complexity index is 216. The van der Waals surface area contributed by atoms with E-state index in [4.69, 9.17) is 0 Å². The fourth-order valence-electron chi connectivity index (χ4n) is 2.58. The highest BCUT2D eigenvalue weighted by atomic mass is 32.2. The van der Waals surface area contributed by atoms with E-state index in [1.165, 1.54) is 31.0 Å². The van der Waals surface area contributed by atoms with Gasteiger partial charge in [-0.05, 0) is 31.9 Å². The lowest BCUT2D eigenvalue weighted by Crippen LogP contribution is -2.62. The van der Waals surface area contributed by atoms with Crippen LogP contribution < -0.4 is 5.32 Å². The van der Waals surface area contributed by atoms with Gasteiger partial charge in [0, 0.05) is 37.0 Å². The van der Waals surface area contributed by atoms with Gasteiger partial charge in [-0.1, -0.05) is 20.8 Å². The minimum Gasteiger partial charge on any atom is -0.309 e. The van der Waals surface area contributed by atoms with Crippen molar-refractivity contribution < 1.29 is 0 Å². The van der Waals surface area contributed by atoms with E-state index in [0.29, 0.717) is 0 Å². The van der Waals surface area contributed by atoms with Gasteiger partial charge in [-0.25, -0.2) is 0 Å². The molecule has 1 atom stereocenters. The third-order valence-corrected chi connectivity index (χ3v) is 4.28. The van der Waals surface area contributed by atoms with Crippen LogP contribution in [-0.2, 0) is 0 Å². The zero-order chi connectivity index (χ0) is 12.9. The molecule has 0 radical (unpaired) electrons. The van der Waals surface area contributed by atoms with Crippen LogP contribution in [0.15, 0.2) is 0 Å². The summed E-state index contributed by atoms with van der Waals surface area (Å²) in [4.78, 5) is 2.71. The lowest BCUT2D eigenvalue weighted by Gasteiger charge is -2.45. The molecule has 0 aromatic carbocycles. The number of rotatable bonds is 6. The van der Waals surface area contributed by atoms with Crippen molar-refractivity contribution in [2.24, 2.45) is 5.92 Å². The van der Waals surface area contributed by atoms with Crippen molar-refractivity contribution in [3.8, 4) is 0 Å². The smallest absolute Gasteiger partial charge is 0.0252 e. The summed E-state index contributed by atoms with van der Waals surface area (Å²) < 4.78 is 0. The summed E-state index contributed by atoms with van der Waals surface area (Å²) in [6, 6.07) is 0.737. The predicted molar refractivity (Wildman–Crippen MR) is 79.9 cm³/mol. The Kier molecular flexibility index (Phi) is 6.32. The van der Waals surface area contributed by atoms with Crippen LogP contribution in [0.5, 0.6) is 0 Å². The minimum atomic E-state index is 0.282. The van der Waals surface area contributed by atoms with Gasteiger partial charge in [-0.2, -0.15) is 11.8 Å². The molecule has 0 amide bonds. The molecule has 0 bridgehead atoms. The number of nitrogens with zero attached hydrogens (tertiary/aromatic N) is 1. The van der Waals surface area contributed by atoms with E-state index in [0.717, 1.165) is 18.5 Å². The lowest BCUT2D eigenvalue weighted by molar-refractivity contribution is 0.0892. The maximum absolute atomic E-state index is 3.69. The van der Waals surface area contributed by atoms with Gasteiger partial charge in [0.2, 0.25) is 0 Å². The molecule has 17 heavy (non-hydrogen) atoms. The fourth-order valence-corrected chi connectivity index (χ4v) is 3.23. The summed E-state index contributed by atoms with van der Waals surface area (Å²) >= 11 is 2.06. The van der Waals surface area contributed by atoms with Crippen LogP contribution in [0.25, 0.3) is 0 Å². The maximum Gasteiger partial charge on any atom is 0.0252 e. The Morgan fingerprint density at radius 3 is 2.71 bits per heavy atom. The van der Waals surface area contributed by atoms with Crippen molar-refractivity contribution in [1.82, 2.24) is 10.2 Å². The normalized spacial score (nSPS) is 25.4. The molecule has 1 fully saturated rings. The van der Waals surface area contributed by atoms with E-state index >= 15 is 0 Å². The van der Waals surface area contributed by atoms with Gasteiger partial charge in [0.05, 0.1) is 0 Å². The Labute approximate surface area is 112 Å². The van der Waals surface area contributed by atoms with E-state index in [9.17, 15) is 0 Å². The molecule has 1 saturated heterocycles. The molecule has 0 saturated carbocycles. The van der Waals surface area contributed by atoms with E-state index in [1.54, 1.807) is 0 Å². The number of hydrogen-bond donors (Lipinski definition) is 1. The van der Waals surface area contributed by atoms with Gasteiger partial charge in [0.15, 0.2) is 0 Å². The molecule has 0 aromatic heterocycles. The molecule has 1 aliphatic rings. The van der Waals surface area contributed by atoms with Crippen LogP contribution in [-0.4, -0.2) is 47.6 Å². The van der Waals surface area contributed by atoms with Gasteiger partial charge < -0.3 is 5.32 Å². The molecule has 3 heteroatoms. The summed E-state index contributed by atoms with van der Waals surface area (Å²) in [5.41, 5.74) is 0.282. The Morgan fingerprint density at radius 2 is 2.12 bits per heavy atom. The highest BCUT2D eigenvalue weighted by Gasteiger charge is 2.32. The largest absolute Gasteiger partial charge is 0.309 e. The molecule has 1 unspecified atom stereocenters. The van der Waals surface area contributed by atoms with Crippen LogP contribution in [0.1, 0.15) is 41.0 Å². The molecular formula is C14H30N2S. The fraction of sp³-hybridized carbons (Fsp3) is 1.00. The van der Waals surface area contributed by atoms with Crippen molar-refractivity contribution in [1.29, 1.82) is 0 Å². The SMILES string of the molecule is CCSCCN1CC(C)(C)NCC1CC(C)C. The van der Waals surface area contributed by atoms with Crippen molar-refractivity contribution >= 4 is 11.8 Å². The molecule has 1 heterocycles. The standard InChI is InChI=1S/C14H30N2S/c1-6-17-8-7-16-11-14(4,5)15-10-13(16)9-12(2)3/h12-13,15H,6-11H2,1-5H3. The molecule has 1 rings (SSSR count). The summed E-state index contributed by atoms with van der Waals surface area (Å²) in [5, 5.41) is 3.69. The predicted octanol–water partition coefficient (Wildman–Crippen LogP) is 2.84. The summed E-state index contributed by atoms with van der Waals surface area (Å²) in [5.74, 6) is 3.32. The summed E-state index contributed by atoms with van der Waals surface area (Å²) in [7, 11) is 0. The molecule has 1 aliphatic heterocycles. The van der Waals surface area contributed by atoms with Gasteiger partial charge in [-0.15, -0.1) is 0 Å². The number of nitrogens with one attached hydrogen (secondary N) is 1. The van der Waals surface area contributed by atoms with Crippen molar-refractivity contribution in [2.75, 3.05) is 31.1 Å². The van der Waals surface area contributed by atoms with Gasteiger partial charge in [-0.3, -0.25) is 4.90 Å². The maximum atomic E-state index is 3.69. The van der Waals surface area contributed by atoms with Crippen LogP contribution in [0, 0.1) is 5.92 Å². The minimum absolute atomic E-state index is 0.282. The molecule has 0 aliphatic carbocycles. The Balaban J connectivity index is 2.49. The summed E-state index contributed by atoms with van der Waals surface area (Å²) in [6.45, 7) is 15.1. The van der Waals surface area contributed by atoms with Gasteiger partial charge in [0.1, 0.15) is 0 Å². The molecule has 0 aromatic rings. The molecule has 1 N–H and O–H groups in total. The van der Waals surface area contributed by atoms with E-state index in [1.807, 2.05) is 0 Å². The zero-order valence-corrected chi connectivity index (χ0v) is 13.1. The van der Waals surface area contributed by atoms with Crippen molar-refractivity contribution in [2.45, 2.75) is 52.6 Å². The number of hydrogen-bond acceptors (Lipinski definition) is 3. The van der Waals surface area contributed by atoms with E-state index in [2.05, 4.69) is 56.6 Å². The monoisotopic (exact) mass is 258 g/mol. The average Bonchev–Trinajstić information content (AvgIpc) is 2.21. The van der Waals surface area contributed by atoms with Crippen LogP contribution in [0.2, 0.25) is 0 Å². The first kappa shape index (κ1) is 15.3. The highest BCUT2D eigenvalue weighted by Crippen LogP contribution is 2.20. The highest BCUT2D eigenvalue weighted by molar-refractivity contribution is 7.99. The lowest BCUT2D eigenvalue weighted by atomic mass is 9.94. The second kappa shape index (κ2) is 7.01. The zero-order valence-electron chi connectivity index (χ0n) is 12.3. The van der Waals surface area contributed by atoms with Crippen LogP contribution in [0.4, 0.5) is 0 Å². The van der Waals surface area contributed by atoms with E-state index in [-0.39, 0.29) is 5.54 Å². The molecule has 0 spiro atoms. The number of piperazine rings is 1. The molecular weight excluding hydrogens is 228 g/mol. The summed E-state index contributed by atoms with van der Waals surface area (Å²) in [6.07, 6.45) is 1.32. The topological polar surface area (TPSA) is 15.3 Å². The Morgan fingerprint density at radius 1 is 1.41 bits per heavy atom.